The summed E-state index contributed by atoms with van der Waals surface area (Å²) in [6, 6.07) is 5.70. The number of nitrogens with zero attached hydrogens (tertiary/aromatic N) is 2. The van der Waals surface area contributed by atoms with Crippen LogP contribution in [0, 0.1) is 0 Å². The van der Waals surface area contributed by atoms with Crippen molar-refractivity contribution in [3.8, 4) is 11.5 Å². The van der Waals surface area contributed by atoms with Crippen LogP contribution in [0.25, 0.3) is 0 Å². The lowest BCUT2D eigenvalue weighted by Gasteiger charge is -2.09. The van der Waals surface area contributed by atoms with Gasteiger partial charge in [0.1, 0.15) is 0 Å². The largest absolute Gasteiger partial charge is 0.493 e. The third-order valence-corrected chi connectivity index (χ3v) is 3.23. The summed E-state index contributed by atoms with van der Waals surface area (Å²) in [6.07, 6.45) is 3.72. The van der Waals surface area contributed by atoms with Gasteiger partial charge in [-0.15, -0.1) is 0 Å². The number of carbonyl (C=O) groups excluding carboxylic acids is 1. The van der Waals surface area contributed by atoms with E-state index in [-0.39, 0.29) is 18.4 Å². The highest BCUT2D eigenvalue weighted by molar-refractivity contribution is 5.92. The van der Waals surface area contributed by atoms with E-state index in [0.717, 1.165) is 5.56 Å². The smallest absolute Gasteiger partial charge is 0.228 e. The Labute approximate surface area is 130 Å². The second-order valence-corrected chi connectivity index (χ2v) is 5.22. The molecule has 0 spiro atoms. The highest BCUT2D eigenvalue weighted by atomic mass is 16.5. The van der Waals surface area contributed by atoms with Crippen molar-refractivity contribution in [1.82, 2.24) is 9.78 Å². The first kappa shape index (κ1) is 15.9. The molecule has 2 rings (SSSR count). The van der Waals surface area contributed by atoms with Crippen LogP contribution in [0.3, 0.4) is 0 Å². The van der Waals surface area contributed by atoms with Gasteiger partial charge in [0.2, 0.25) is 5.91 Å². The summed E-state index contributed by atoms with van der Waals surface area (Å²) in [4.78, 5) is 12.1. The van der Waals surface area contributed by atoms with Crippen LogP contribution in [-0.2, 0) is 11.2 Å². The van der Waals surface area contributed by atoms with E-state index in [9.17, 15) is 4.79 Å². The molecular formula is C16H21N3O3. The molecular weight excluding hydrogens is 282 g/mol. The van der Waals surface area contributed by atoms with Crippen LogP contribution in [0.1, 0.15) is 25.5 Å². The SMILES string of the molecule is COc1ccc(CC(=O)Nc2cnn(C(C)C)c2)cc1OC. The monoisotopic (exact) mass is 303 g/mol. The molecule has 1 amide bonds. The molecule has 0 saturated heterocycles. The van der Waals surface area contributed by atoms with Gasteiger partial charge < -0.3 is 14.8 Å². The van der Waals surface area contributed by atoms with Crippen LogP contribution >= 0.6 is 0 Å². The van der Waals surface area contributed by atoms with E-state index < -0.39 is 0 Å². The molecule has 0 aliphatic rings. The molecule has 0 aliphatic heterocycles. The van der Waals surface area contributed by atoms with Gasteiger partial charge in [0.25, 0.3) is 0 Å². The lowest BCUT2D eigenvalue weighted by atomic mass is 10.1. The van der Waals surface area contributed by atoms with Gasteiger partial charge in [-0.05, 0) is 31.5 Å². The first-order valence-electron chi connectivity index (χ1n) is 7.08. The van der Waals surface area contributed by atoms with Crippen LogP contribution in [-0.4, -0.2) is 29.9 Å². The molecule has 0 radical (unpaired) electrons. The highest BCUT2D eigenvalue weighted by Crippen LogP contribution is 2.27. The van der Waals surface area contributed by atoms with Crippen molar-refractivity contribution in [2.45, 2.75) is 26.3 Å². The van der Waals surface area contributed by atoms with Gasteiger partial charge in [-0.25, -0.2) is 0 Å². The molecule has 22 heavy (non-hydrogen) atoms. The van der Waals surface area contributed by atoms with Crippen molar-refractivity contribution in [2.24, 2.45) is 0 Å². The maximum Gasteiger partial charge on any atom is 0.228 e. The van der Waals surface area contributed by atoms with Gasteiger partial charge in [-0.2, -0.15) is 5.10 Å². The number of rotatable bonds is 6. The zero-order valence-corrected chi connectivity index (χ0v) is 13.3. The van der Waals surface area contributed by atoms with Crippen molar-refractivity contribution in [3.63, 3.8) is 0 Å². The number of hydrogen-bond acceptors (Lipinski definition) is 4. The fourth-order valence-corrected chi connectivity index (χ4v) is 2.07. The molecule has 1 heterocycles. The van der Waals surface area contributed by atoms with E-state index in [1.54, 1.807) is 37.2 Å². The molecule has 6 heteroatoms. The molecule has 0 atom stereocenters. The number of anilines is 1. The number of amides is 1. The number of hydrogen-bond donors (Lipinski definition) is 1. The molecule has 1 aromatic carbocycles. The summed E-state index contributed by atoms with van der Waals surface area (Å²) in [5, 5.41) is 7.03. The minimum absolute atomic E-state index is 0.101. The van der Waals surface area contributed by atoms with E-state index in [4.69, 9.17) is 9.47 Å². The fraction of sp³-hybridized carbons (Fsp3) is 0.375. The van der Waals surface area contributed by atoms with Crippen molar-refractivity contribution < 1.29 is 14.3 Å². The molecule has 0 fully saturated rings. The molecule has 118 valence electrons. The fourth-order valence-electron chi connectivity index (χ4n) is 2.07. The molecule has 0 aliphatic carbocycles. The molecule has 0 bridgehead atoms. The Morgan fingerprint density at radius 1 is 1.27 bits per heavy atom. The van der Waals surface area contributed by atoms with Crippen LogP contribution in [0.2, 0.25) is 0 Å². The molecule has 1 N–H and O–H groups in total. The third-order valence-electron chi connectivity index (χ3n) is 3.23. The van der Waals surface area contributed by atoms with E-state index in [0.29, 0.717) is 17.2 Å². The van der Waals surface area contributed by atoms with E-state index in [1.165, 1.54) is 0 Å². The van der Waals surface area contributed by atoms with E-state index in [1.807, 2.05) is 26.1 Å². The Morgan fingerprint density at radius 3 is 2.59 bits per heavy atom. The maximum atomic E-state index is 12.1. The van der Waals surface area contributed by atoms with Crippen LogP contribution in [0.4, 0.5) is 5.69 Å². The summed E-state index contributed by atoms with van der Waals surface area (Å²) in [5.74, 6) is 1.15. The number of benzene rings is 1. The molecule has 1 aromatic heterocycles. The highest BCUT2D eigenvalue weighted by Gasteiger charge is 2.10. The van der Waals surface area contributed by atoms with Gasteiger partial charge in [0.05, 0.1) is 32.5 Å². The lowest BCUT2D eigenvalue weighted by Crippen LogP contribution is -2.14. The summed E-state index contributed by atoms with van der Waals surface area (Å²) >= 11 is 0. The quantitative estimate of drug-likeness (QED) is 0.891. The predicted molar refractivity (Wildman–Crippen MR) is 84.5 cm³/mol. The first-order chi connectivity index (χ1) is 10.5. The lowest BCUT2D eigenvalue weighted by molar-refractivity contribution is -0.115. The summed E-state index contributed by atoms with van der Waals surface area (Å²) in [5.41, 5.74) is 1.55. The normalized spacial score (nSPS) is 10.6. The van der Waals surface area contributed by atoms with Crippen LogP contribution < -0.4 is 14.8 Å². The van der Waals surface area contributed by atoms with Gasteiger partial charge in [-0.1, -0.05) is 6.07 Å². The molecule has 2 aromatic rings. The van der Waals surface area contributed by atoms with Crippen LogP contribution in [0.5, 0.6) is 11.5 Å². The average molecular weight is 303 g/mol. The minimum atomic E-state index is -0.101. The zero-order chi connectivity index (χ0) is 16.1. The third kappa shape index (κ3) is 3.78. The van der Waals surface area contributed by atoms with Crippen molar-refractivity contribution >= 4 is 11.6 Å². The molecule has 0 saturated carbocycles. The molecule has 0 unspecified atom stereocenters. The van der Waals surface area contributed by atoms with Crippen molar-refractivity contribution in [3.05, 3.63) is 36.2 Å². The Hall–Kier alpha value is -2.50. The number of nitrogens with one attached hydrogen (secondary N) is 1. The van der Waals surface area contributed by atoms with Crippen LogP contribution in [0.15, 0.2) is 30.6 Å². The zero-order valence-electron chi connectivity index (χ0n) is 13.3. The Morgan fingerprint density at radius 2 is 2.00 bits per heavy atom. The van der Waals surface area contributed by atoms with E-state index in [2.05, 4.69) is 10.4 Å². The Bertz CT molecular complexity index is 650. The molecule has 6 nitrogen and oxygen atoms in total. The summed E-state index contributed by atoms with van der Waals surface area (Å²) in [7, 11) is 3.15. The van der Waals surface area contributed by atoms with Gasteiger partial charge in [0.15, 0.2) is 11.5 Å². The summed E-state index contributed by atoms with van der Waals surface area (Å²) in [6.45, 7) is 4.06. The number of methoxy groups -OCH3 is 2. The first-order valence-corrected chi connectivity index (χ1v) is 7.08. The minimum Gasteiger partial charge on any atom is -0.493 e. The van der Waals surface area contributed by atoms with Crippen molar-refractivity contribution in [2.75, 3.05) is 19.5 Å². The second-order valence-electron chi connectivity index (χ2n) is 5.22. The number of carbonyl (C=O) groups is 1. The topological polar surface area (TPSA) is 65.4 Å². The van der Waals surface area contributed by atoms with Crippen molar-refractivity contribution in [1.29, 1.82) is 0 Å². The second kappa shape index (κ2) is 6.98. The number of ether oxygens (including phenoxy) is 2. The average Bonchev–Trinajstić information content (AvgIpc) is 2.95. The van der Waals surface area contributed by atoms with E-state index >= 15 is 0 Å². The van der Waals surface area contributed by atoms with Gasteiger partial charge in [-0.3, -0.25) is 9.48 Å². The number of aromatic nitrogens is 2. The maximum absolute atomic E-state index is 12.1. The van der Waals surface area contributed by atoms with Gasteiger partial charge >= 0.3 is 0 Å². The standard InChI is InChI=1S/C16H21N3O3/c1-11(2)19-10-13(9-17-19)18-16(20)8-12-5-6-14(21-3)15(7-12)22-4/h5-7,9-11H,8H2,1-4H3,(H,18,20). The Balaban J connectivity index is 2.02. The predicted octanol–water partition coefficient (Wildman–Crippen LogP) is 2.66. The van der Waals surface area contributed by atoms with Gasteiger partial charge in [0, 0.05) is 12.2 Å². The summed E-state index contributed by atoms with van der Waals surface area (Å²) < 4.78 is 12.2. The Kier molecular flexibility index (Phi) is 5.04.